The van der Waals surface area contributed by atoms with Crippen molar-refractivity contribution in [3.63, 3.8) is 0 Å². The summed E-state index contributed by atoms with van der Waals surface area (Å²) in [4.78, 5) is 0. The molecule has 0 bridgehead atoms. The first-order chi connectivity index (χ1) is 7.13. The summed E-state index contributed by atoms with van der Waals surface area (Å²) >= 11 is 3.43. The Hall–Kier alpha value is -0.380. The molecule has 0 heterocycles. The van der Waals surface area contributed by atoms with E-state index in [1.165, 1.54) is 5.56 Å². The number of nitrogens with one attached hydrogen (secondary N) is 1. The third-order valence-corrected chi connectivity index (χ3v) is 2.60. The van der Waals surface area contributed by atoms with Crippen LogP contribution in [0.3, 0.4) is 0 Å². The van der Waals surface area contributed by atoms with E-state index in [0.29, 0.717) is 0 Å². The summed E-state index contributed by atoms with van der Waals surface area (Å²) in [6, 6.07) is 8.27. The SMILES string of the molecule is CNCC(OC(C)C)c1ccc(Br)cc1. The second kappa shape index (κ2) is 6.26. The van der Waals surface area contributed by atoms with Gasteiger partial charge in [-0.1, -0.05) is 28.1 Å². The molecule has 0 aliphatic carbocycles. The van der Waals surface area contributed by atoms with Gasteiger partial charge in [0.1, 0.15) is 0 Å². The van der Waals surface area contributed by atoms with Crippen molar-refractivity contribution in [2.45, 2.75) is 26.1 Å². The average molecular weight is 272 g/mol. The lowest BCUT2D eigenvalue weighted by atomic mass is 10.1. The number of benzene rings is 1. The van der Waals surface area contributed by atoms with Gasteiger partial charge in [0.15, 0.2) is 0 Å². The van der Waals surface area contributed by atoms with E-state index < -0.39 is 0 Å². The topological polar surface area (TPSA) is 21.3 Å². The first-order valence-electron chi connectivity index (χ1n) is 5.19. The standard InChI is InChI=1S/C12H18BrNO/c1-9(2)15-12(8-14-3)10-4-6-11(13)7-5-10/h4-7,9,12,14H,8H2,1-3H3. The van der Waals surface area contributed by atoms with Crippen LogP contribution >= 0.6 is 15.9 Å². The smallest absolute Gasteiger partial charge is 0.0952 e. The summed E-state index contributed by atoms with van der Waals surface area (Å²) < 4.78 is 6.94. The molecule has 1 atom stereocenters. The van der Waals surface area contributed by atoms with Crippen molar-refractivity contribution in [1.82, 2.24) is 5.32 Å². The maximum absolute atomic E-state index is 5.84. The van der Waals surface area contributed by atoms with Crippen LogP contribution in [0.2, 0.25) is 0 Å². The first-order valence-corrected chi connectivity index (χ1v) is 5.98. The lowest BCUT2D eigenvalue weighted by Crippen LogP contribution is -2.22. The molecule has 0 spiro atoms. The van der Waals surface area contributed by atoms with E-state index in [-0.39, 0.29) is 12.2 Å². The third-order valence-electron chi connectivity index (χ3n) is 2.07. The predicted octanol–water partition coefficient (Wildman–Crippen LogP) is 3.13. The molecule has 0 fully saturated rings. The number of likely N-dealkylation sites (N-methyl/N-ethyl adjacent to an activating group) is 1. The Balaban J connectivity index is 2.74. The second-order valence-electron chi connectivity index (χ2n) is 3.78. The summed E-state index contributed by atoms with van der Waals surface area (Å²) in [6.45, 7) is 4.95. The highest BCUT2D eigenvalue weighted by molar-refractivity contribution is 9.10. The Bertz CT molecular complexity index is 284. The molecule has 0 aliphatic heterocycles. The molecular formula is C12H18BrNO. The van der Waals surface area contributed by atoms with Crippen LogP contribution in [0, 0.1) is 0 Å². The highest BCUT2D eigenvalue weighted by Gasteiger charge is 2.12. The highest BCUT2D eigenvalue weighted by Crippen LogP contribution is 2.20. The van der Waals surface area contributed by atoms with Gasteiger partial charge in [-0.25, -0.2) is 0 Å². The molecule has 0 aliphatic rings. The molecule has 1 unspecified atom stereocenters. The fourth-order valence-electron chi connectivity index (χ4n) is 1.44. The Morgan fingerprint density at radius 3 is 2.33 bits per heavy atom. The Morgan fingerprint density at radius 2 is 1.87 bits per heavy atom. The van der Waals surface area contributed by atoms with Crippen LogP contribution in [-0.2, 0) is 4.74 Å². The molecule has 0 amide bonds. The zero-order valence-electron chi connectivity index (χ0n) is 9.46. The molecule has 0 aromatic heterocycles. The van der Waals surface area contributed by atoms with E-state index >= 15 is 0 Å². The molecule has 2 nitrogen and oxygen atoms in total. The van der Waals surface area contributed by atoms with Crippen LogP contribution < -0.4 is 5.32 Å². The van der Waals surface area contributed by atoms with Gasteiger partial charge in [0.2, 0.25) is 0 Å². The number of halogens is 1. The van der Waals surface area contributed by atoms with Crippen molar-refractivity contribution in [2.24, 2.45) is 0 Å². The molecule has 0 saturated heterocycles. The van der Waals surface area contributed by atoms with Crippen LogP contribution in [0.15, 0.2) is 28.7 Å². The quantitative estimate of drug-likeness (QED) is 0.889. The van der Waals surface area contributed by atoms with E-state index in [1.54, 1.807) is 0 Å². The van der Waals surface area contributed by atoms with Crippen LogP contribution in [-0.4, -0.2) is 19.7 Å². The third kappa shape index (κ3) is 4.33. The van der Waals surface area contributed by atoms with Gasteiger partial charge in [0.25, 0.3) is 0 Å². The van der Waals surface area contributed by atoms with Crippen molar-refractivity contribution in [2.75, 3.05) is 13.6 Å². The van der Waals surface area contributed by atoms with Gasteiger partial charge in [0.05, 0.1) is 12.2 Å². The largest absolute Gasteiger partial charge is 0.370 e. The Morgan fingerprint density at radius 1 is 1.27 bits per heavy atom. The van der Waals surface area contributed by atoms with E-state index in [9.17, 15) is 0 Å². The van der Waals surface area contributed by atoms with Gasteiger partial charge in [-0.05, 0) is 38.6 Å². The fourth-order valence-corrected chi connectivity index (χ4v) is 1.70. The summed E-state index contributed by atoms with van der Waals surface area (Å²) in [6.07, 6.45) is 0.370. The molecule has 1 N–H and O–H groups in total. The summed E-state index contributed by atoms with van der Waals surface area (Å²) in [5.41, 5.74) is 1.21. The maximum Gasteiger partial charge on any atom is 0.0952 e. The number of ether oxygens (including phenoxy) is 1. The Kier molecular flexibility index (Phi) is 5.29. The number of hydrogen-bond donors (Lipinski definition) is 1. The van der Waals surface area contributed by atoms with E-state index in [2.05, 4.69) is 47.2 Å². The number of hydrogen-bond acceptors (Lipinski definition) is 2. The fraction of sp³-hybridized carbons (Fsp3) is 0.500. The second-order valence-corrected chi connectivity index (χ2v) is 4.70. The molecule has 1 rings (SSSR count). The molecule has 15 heavy (non-hydrogen) atoms. The lowest BCUT2D eigenvalue weighted by molar-refractivity contribution is 0.00813. The summed E-state index contributed by atoms with van der Waals surface area (Å²) in [5.74, 6) is 0. The van der Waals surface area contributed by atoms with Crippen molar-refractivity contribution in [3.05, 3.63) is 34.3 Å². The van der Waals surface area contributed by atoms with Crippen LogP contribution in [0.25, 0.3) is 0 Å². The van der Waals surface area contributed by atoms with Gasteiger partial charge in [-0.15, -0.1) is 0 Å². The van der Waals surface area contributed by atoms with Crippen molar-refractivity contribution >= 4 is 15.9 Å². The minimum absolute atomic E-state index is 0.128. The van der Waals surface area contributed by atoms with Crippen molar-refractivity contribution < 1.29 is 4.74 Å². The average Bonchev–Trinajstić information content (AvgIpc) is 2.17. The van der Waals surface area contributed by atoms with Crippen LogP contribution in [0.4, 0.5) is 0 Å². The van der Waals surface area contributed by atoms with Crippen LogP contribution in [0.1, 0.15) is 25.5 Å². The highest BCUT2D eigenvalue weighted by atomic mass is 79.9. The van der Waals surface area contributed by atoms with Gasteiger partial charge in [-0.3, -0.25) is 0 Å². The van der Waals surface area contributed by atoms with E-state index in [0.717, 1.165) is 11.0 Å². The predicted molar refractivity (Wildman–Crippen MR) is 67.0 cm³/mol. The minimum atomic E-state index is 0.128. The molecule has 1 aromatic rings. The molecule has 1 aromatic carbocycles. The van der Waals surface area contributed by atoms with Crippen molar-refractivity contribution in [3.8, 4) is 0 Å². The van der Waals surface area contributed by atoms with Crippen LogP contribution in [0.5, 0.6) is 0 Å². The molecular weight excluding hydrogens is 254 g/mol. The van der Waals surface area contributed by atoms with Gasteiger partial charge in [-0.2, -0.15) is 0 Å². The zero-order chi connectivity index (χ0) is 11.3. The first kappa shape index (κ1) is 12.7. The Labute approximate surface area is 100 Å². The molecule has 3 heteroatoms. The molecule has 0 radical (unpaired) electrons. The molecule has 84 valence electrons. The monoisotopic (exact) mass is 271 g/mol. The van der Waals surface area contributed by atoms with Crippen molar-refractivity contribution in [1.29, 1.82) is 0 Å². The van der Waals surface area contributed by atoms with Gasteiger partial charge < -0.3 is 10.1 Å². The lowest BCUT2D eigenvalue weighted by Gasteiger charge is -2.20. The number of rotatable bonds is 5. The normalized spacial score (nSPS) is 13.1. The summed E-state index contributed by atoms with van der Waals surface area (Å²) in [7, 11) is 1.94. The van der Waals surface area contributed by atoms with E-state index in [4.69, 9.17) is 4.74 Å². The zero-order valence-corrected chi connectivity index (χ0v) is 11.0. The van der Waals surface area contributed by atoms with Gasteiger partial charge in [0, 0.05) is 11.0 Å². The summed E-state index contributed by atoms with van der Waals surface area (Å²) in [5, 5.41) is 3.15. The minimum Gasteiger partial charge on any atom is -0.370 e. The molecule has 0 saturated carbocycles. The maximum atomic E-state index is 5.84. The van der Waals surface area contributed by atoms with Gasteiger partial charge >= 0.3 is 0 Å². The van der Waals surface area contributed by atoms with E-state index in [1.807, 2.05) is 19.2 Å².